The topological polar surface area (TPSA) is 26.2 Å². The fraction of sp³-hybridized carbons (Fsp3) is 0.667. The summed E-state index contributed by atoms with van der Waals surface area (Å²) in [7, 11) is 1.98. The Labute approximate surface area is 92.4 Å². The Balaban J connectivity index is 2.33. The van der Waals surface area contributed by atoms with Crippen LogP contribution in [-0.4, -0.2) is 24.8 Å². The Morgan fingerprint density at radius 2 is 2.27 bits per heavy atom. The largest absolute Gasteiger partial charge is 0.380 e. The fourth-order valence-corrected chi connectivity index (χ4v) is 1.44. The number of aromatic nitrogens is 1. The van der Waals surface area contributed by atoms with Gasteiger partial charge in [-0.25, -0.2) is 0 Å². The molecule has 1 N–H and O–H groups in total. The predicted octanol–water partition coefficient (Wildman–Crippen LogP) is 2.20. The number of ether oxygens (including phenoxy) is 1. The maximum Gasteiger partial charge on any atom is 0.0645 e. The van der Waals surface area contributed by atoms with Gasteiger partial charge in [0, 0.05) is 31.6 Å². The molecule has 3 heteroatoms. The van der Waals surface area contributed by atoms with Crippen LogP contribution in [0.1, 0.15) is 31.9 Å². The van der Waals surface area contributed by atoms with Gasteiger partial charge in [0.25, 0.3) is 0 Å². The molecule has 1 aromatic heterocycles. The molecule has 0 aliphatic carbocycles. The van der Waals surface area contributed by atoms with Crippen LogP contribution in [0.25, 0.3) is 0 Å². The predicted molar refractivity (Wildman–Crippen MR) is 63.0 cm³/mol. The summed E-state index contributed by atoms with van der Waals surface area (Å²) in [5.41, 5.74) is 1.33. The van der Waals surface area contributed by atoms with Gasteiger partial charge in [0.2, 0.25) is 0 Å². The van der Waals surface area contributed by atoms with E-state index in [0.717, 1.165) is 26.2 Å². The summed E-state index contributed by atoms with van der Waals surface area (Å²) in [5, 5.41) is 3.23. The number of nitrogens with one attached hydrogen (secondary N) is 1. The van der Waals surface area contributed by atoms with Gasteiger partial charge in [-0.2, -0.15) is 0 Å². The zero-order valence-corrected chi connectivity index (χ0v) is 9.99. The third-order valence-electron chi connectivity index (χ3n) is 2.55. The Morgan fingerprint density at radius 1 is 1.47 bits per heavy atom. The molecule has 0 fully saturated rings. The molecule has 1 heterocycles. The lowest BCUT2D eigenvalue weighted by atomic mass is 10.2. The molecule has 0 aliphatic rings. The monoisotopic (exact) mass is 210 g/mol. The third kappa shape index (κ3) is 4.06. The highest BCUT2D eigenvalue weighted by molar-refractivity contribution is 5.14. The van der Waals surface area contributed by atoms with Gasteiger partial charge in [-0.3, -0.25) is 0 Å². The lowest BCUT2D eigenvalue weighted by molar-refractivity contribution is 0.127. The van der Waals surface area contributed by atoms with Crippen LogP contribution < -0.4 is 5.32 Å². The molecule has 0 aliphatic heterocycles. The molecule has 0 aromatic carbocycles. The SMILES string of the molecule is CCCOCCn1ccc(C(C)NC)c1. The second-order valence-corrected chi connectivity index (χ2v) is 3.81. The smallest absolute Gasteiger partial charge is 0.0645 e. The maximum atomic E-state index is 5.45. The summed E-state index contributed by atoms with van der Waals surface area (Å²) >= 11 is 0. The van der Waals surface area contributed by atoms with Crippen LogP contribution in [-0.2, 0) is 11.3 Å². The summed E-state index contributed by atoms with van der Waals surface area (Å²) < 4.78 is 7.63. The van der Waals surface area contributed by atoms with E-state index >= 15 is 0 Å². The molecule has 3 nitrogen and oxygen atoms in total. The third-order valence-corrected chi connectivity index (χ3v) is 2.55. The highest BCUT2D eigenvalue weighted by Gasteiger charge is 2.03. The van der Waals surface area contributed by atoms with Gasteiger partial charge in [0.05, 0.1) is 6.61 Å². The summed E-state index contributed by atoms with van der Waals surface area (Å²) in [5.74, 6) is 0. The van der Waals surface area contributed by atoms with Crippen LogP contribution in [0, 0.1) is 0 Å². The minimum atomic E-state index is 0.419. The van der Waals surface area contributed by atoms with E-state index in [1.54, 1.807) is 0 Å². The zero-order chi connectivity index (χ0) is 11.1. The molecule has 0 saturated carbocycles. The van der Waals surface area contributed by atoms with Gasteiger partial charge in [0.1, 0.15) is 0 Å². The second-order valence-electron chi connectivity index (χ2n) is 3.81. The normalized spacial score (nSPS) is 13.0. The van der Waals surface area contributed by atoms with E-state index < -0.39 is 0 Å². The number of hydrogen-bond acceptors (Lipinski definition) is 2. The molecular weight excluding hydrogens is 188 g/mol. The zero-order valence-electron chi connectivity index (χ0n) is 9.99. The first kappa shape index (κ1) is 12.3. The van der Waals surface area contributed by atoms with Gasteiger partial charge in [-0.1, -0.05) is 6.92 Å². The van der Waals surface area contributed by atoms with Gasteiger partial charge in [0.15, 0.2) is 0 Å². The first-order chi connectivity index (χ1) is 7.27. The van der Waals surface area contributed by atoms with Crippen LogP contribution in [0.5, 0.6) is 0 Å². The van der Waals surface area contributed by atoms with Crippen molar-refractivity contribution in [2.24, 2.45) is 0 Å². The van der Waals surface area contributed by atoms with Gasteiger partial charge in [-0.15, -0.1) is 0 Å². The van der Waals surface area contributed by atoms with Crippen LogP contribution in [0.15, 0.2) is 18.5 Å². The summed E-state index contributed by atoms with van der Waals surface area (Å²) in [6.07, 6.45) is 5.38. The number of hydrogen-bond donors (Lipinski definition) is 1. The molecule has 1 unspecified atom stereocenters. The van der Waals surface area contributed by atoms with Gasteiger partial charge >= 0.3 is 0 Å². The Bertz CT molecular complexity index is 270. The van der Waals surface area contributed by atoms with E-state index in [1.807, 2.05) is 7.05 Å². The van der Waals surface area contributed by atoms with E-state index in [4.69, 9.17) is 4.74 Å². The molecule has 1 aromatic rings. The van der Waals surface area contributed by atoms with Crippen LogP contribution >= 0.6 is 0 Å². The van der Waals surface area contributed by atoms with Crippen LogP contribution in [0.3, 0.4) is 0 Å². The first-order valence-corrected chi connectivity index (χ1v) is 5.68. The van der Waals surface area contributed by atoms with E-state index in [2.05, 4.69) is 42.2 Å². The second kappa shape index (κ2) is 6.64. The van der Waals surface area contributed by atoms with Gasteiger partial charge in [-0.05, 0) is 32.0 Å². The molecule has 0 spiro atoms. The van der Waals surface area contributed by atoms with E-state index in [9.17, 15) is 0 Å². The Kier molecular flexibility index (Phi) is 5.43. The molecular formula is C12H22N2O. The van der Waals surface area contributed by atoms with E-state index in [0.29, 0.717) is 6.04 Å². The standard InChI is InChI=1S/C12H22N2O/c1-4-8-15-9-7-14-6-5-12(10-14)11(2)13-3/h5-6,10-11,13H,4,7-9H2,1-3H3. The van der Waals surface area contributed by atoms with Crippen molar-refractivity contribution in [1.82, 2.24) is 9.88 Å². The highest BCUT2D eigenvalue weighted by Crippen LogP contribution is 2.11. The average molecular weight is 210 g/mol. The molecule has 1 atom stereocenters. The maximum absolute atomic E-state index is 5.45. The highest BCUT2D eigenvalue weighted by atomic mass is 16.5. The summed E-state index contributed by atoms with van der Waals surface area (Å²) in [6.45, 7) is 6.89. The number of rotatable bonds is 7. The molecule has 0 saturated heterocycles. The Morgan fingerprint density at radius 3 is 2.93 bits per heavy atom. The minimum absolute atomic E-state index is 0.419. The molecule has 0 bridgehead atoms. The lowest BCUT2D eigenvalue weighted by Gasteiger charge is -2.07. The summed E-state index contributed by atoms with van der Waals surface area (Å²) in [4.78, 5) is 0. The average Bonchev–Trinajstić information content (AvgIpc) is 2.72. The first-order valence-electron chi connectivity index (χ1n) is 5.68. The molecule has 1 rings (SSSR count). The van der Waals surface area contributed by atoms with E-state index in [-0.39, 0.29) is 0 Å². The fourth-order valence-electron chi connectivity index (χ4n) is 1.44. The van der Waals surface area contributed by atoms with Crippen molar-refractivity contribution in [3.05, 3.63) is 24.0 Å². The van der Waals surface area contributed by atoms with Crippen molar-refractivity contribution in [3.63, 3.8) is 0 Å². The van der Waals surface area contributed by atoms with Crippen molar-refractivity contribution in [1.29, 1.82) is 0 Å². The molecule has 86 valence electrons. The van der Waals surface area contributed by atoms with Crippen molar-refractivity contribution in [3.8, 4) is 0 Å². The van der Waals surface area contributed by atoms with Crippen molar-refractivity contribution >= 4 is 0 Å². The van der Waals surface area contributed by atoms with E-state index in [1.165, 1.54) is 5.56 Å². The summed E-state index contributed by atoms with van der Waals surface area (Å²) in [6, 6.07) is 2.57. The minimum Gasteiger partial charge on any atom is -0.380 e. The van der Waals surface area contributed by atoms with Crippen molar-refractivity contribution in [2.45, 2.75) is 32.9 Å². The van der Waals surface area contributed by atoms with Gasteiger partial charge < -0.3 is 14.6 Å². The molecule has 0 amide bonds. The molecule has 0 radical (unpaired) electrons. The quantitative estimate of drug-likeness (QED) is 0.698. The van der Waals surface area contributed by atoms with Crippen molar-refractivity contribution in [2.75, 3.05) is 20.3 Å². The number of nitrogens with zero attached hydrogens (tertiary/aromatic N) is 1. The lowest BCUT2D eigenvalue weighted by Crippen LogP contribution is -2.11. The Hall–Kier alpha value is -0.800. The van der Waals surface area contributed by atoms with Crippen molar-refractivity contribution < 1.29 is 4.74 Å². The van der Waals surface area contributed by atoms with Crippen LogP contribution in [0.2, 0.25) is 0 Å². The molecule has 15 heavy (non-hydrogen) atoms. The van der Waals surface area contributed by atoms with Crippen LogP contribution in [0.4, 0.5) is 0 Å².